The van der Waals surface area contributed by atoms with Crippen LogP contribution in [0.2, 0.25) is 0 Å². The number of para-hydroxylation sites is 1. The molecule has 0 fully saturated rings. The second-order valence-electron chi connectivity index (χ2n) is 5.33. The summed E-state index contributed by atoms with van der Waals surface area (Å²) in [5.41, 5.74) is 2.61. The zero-order valence-electron chi connectivity index (χ0n) is 11.9. The highest BCUT2D eigenvalue weighted by Crippen LogP contribution is 2.29. The molecule has 6 heteroatoms. The lowest BCUT2D eigenvalue weighted by Gasteiger charge is -2.11. The van der Waals surface area contributed by atoms with Crippen LogP contribution in [0, 0.1) is 0 Å². The molecule has 5 nitrogen and oxygen atoms in total. The van der Waals surface area contributed by atoms with E-state index in [9.17, 15) is 13.2 Å². The van der Waals surface area contributed by atoms with Gasteiger partial charge in [0.2, 0.25) is 10.0 Å². The van der Waals surface area contributed by atoms with Crippen molar-refractivity contribution in [3.05, 3.63) is 59.2 Å². The summed E-state index contributed by atoms with van der Waals surface area (Å²) in [6, 6.07) is 12.1. The number of carbonyl (C=O) groups is 1. The van der Waals surface area contributed by atoms with Crippen molar-refractivity contribution < 1.29 is 13.2 Å². The third-order valence-electron chi connectivity index (χ3n) is 3.77. The van der Waals surface area contributed by atoms with Crippen LogP contribution in [-0.2, 0) is 22.9 Å². The molecule has 0 atom stereocenters. The summed E-state index contributed by atoms with van der Waals surface area (Å²) >= 11 is 0. The Hall–Kier alpha value is -2.18. The van der Waals surface area contributed by atoms with E-state index < -0.39 is 10.0 Å². The summed E-state index contributed by atoms with van der Waals surface area (Å²) in [4.78, 5) is 12.4. The molecule has 0 aliphatic heterocycles. The number of hydrogen-bond acceptors (Lipinski definition) is 3. The van der Waals surface area contributed by atoms with Crippen LogP contribution < -0.4 is 10.5 Å². The van der Waals surface area contributed by atoms with Gasteiger partial charge in [0.25, 0.3) is 5.91 Å². The Balaban J connectivity index is 2.00. The molecule has 22 heavy (non-hydrogen) atoms. The molecule has 0 unspecified atom stereocenters. The van der Waals surface area contributed by atoms with Crippen molar-refractivity contribution in [3.8, 4) is 0 Å². The van der Waals surface area contributed by atoms with E-state index >= 15 is 0 Å². The van der Waals surface area contributed by atoms with E-state index in [-0.39, 0.29) is 10.8 Å². The number of primary sulfonamides is 1. The van der Waals surface area contributed by atoms with Crippen LogP contribution in [0.15, 0.2) is 47.4 Å². The van der Waals surface area contributed by atoms with Gasteiger partial charge in [-0.2, -0.15) is 0 Å². The van der Waals surface area contributed by atoms with Crippen LogP contribution in [0.4, 0.5) is 5.69 Å². The quantitative estimate of drug-likeness (QED) is 0.908. The maximum Gasteiger partial charge on any atom is 0.255 e. The summed E-state index contributed by atoms with van der Waals surface area (Å²) in [5, 5.41) is 8.05. The number of fused-ring (bicyclic) bond motifs is 1. The zero-order valence-corrected chi connectivity index (χ0v) is 12.7. The first-order chi connectivity index (χ1) is 10.4. The zero-order chi connectivity index (χ0) is 15.7. The Labute approximate surface area is 129 Å². The number of sulfonamides is 1. The van der Waals surface area contributed by atoms with Gasteiger partial charge < -0.3 is 5.32 Å². The van der Waals surface area contributed by atoms with Crippen molar-refractivity contribution >= 4 is 21.6 Å². The second kappa shape index (κ2) is 5.55. The first-order valence-corrected chi connectivity index (χ1v) is 8.55. The molecule has 0 heterocycles. The van der Waals surface area contributed by atoms with E-state index in [1.165, 1.54) is 6.07 Å². The van der Waals surface area contributed by atoms with E-state index in [1.54, 1.807) is 18.2 Å². The molecule has 2 aromatic carbocycles. The van der Waals surface area contributed by atoms with Crippen molar-refractivity contribution in [1.29, 1.82) is 0 Å². The molecule has 2 aromatic rings. The van der Waals surface area contributed by atoms with Crippen molar-refractivity contribution in [1.82, 2.24) is 0 Å². The molecule has 0 radical (unpaired) electrons. The minimum Gasteiger partial charge on any atom is -0.322 e. The second-order valence-corrected chi connectivity index (χ2v) is 6.86. The van der Waals surface area contributed by atoms with E-state index in [0.29, 0.717) is 17.7 Å². The maximum absolute atomic E-state index is 12.3. The number of benzene rings is 2. The molecule has 0 bridgehead atoms. The first kappa shape index (κ1) is 14.7. The molecule has 3 rings (SSSR count). The molecular weight excluding hydrogens is 300 g/mol. The third kappa shape index (κ3) is 2.88. The number of rotatable bonds is 3. The summed E-state index contributed by atoms with van der Waals surface area (Å²) in [6.07, 6.45) is 2.33. The molecule has 1 aliphatic rings. The highest BCUT2D eigenvalue weighted by Gasteiger charge is 2.24. The molecule has 3 N–H and O–H groups in total. The number of nitrogens with two attached hydrogens (primary N) is 1. The lowest BCUT2D eigenvalue weighted by molar-refractivity contribution is 0.102. The van der Waals surface area contributed by atoms with Gasteiger partial charge in [-0.1, -0.05) is 18.2 Å². The number of carbonyl (C=O) groups excluding carboxylic acids is 1. The van der Waals surface area contributed by atoms with Crippen LogP contribution in [0.25, 0.3) is 0 Å². The van der Waals surface area contributed by atoms with Gasteiger partial charge in [-0.05, 0) is 54.7 Å². The molecule has 1 aliphatic carbocycles. The van der Waals surface area contributed by atoms with Crippen molar-refractivity contribution in [2.75, 3.05) is 5.32 Å². The summed E-state index contributed by atoms with van der Waals surface area (Å²) in [5.74, 6) is -0.342. The maximum atomic E-state index is 12.3. The molecule has 0 spiro atoms. The molecule has 1 amide bonds. The molecule has 0 saturated heterocycles. The van der Waals surface area contributed by atoms with Gasteiger partial charge in [0, 0.05) is 11.3 Å². The van der Waals surface area contributed by atoms with E-state index in [4.69, 9.17) is 5.14 Å². The molecular formula is C16H16N2O3S. The van der Waals surface area contributed by atoms with Gasteiger partial charge in [-0.15, -0.1) is 0 Å². The average Bonchev–Trinajstić information content (AvgIpc) is 2.94. The summed E-state index contributed by atoms with van der Waals surface area (Å²) < 4.78 is 23.5. The van der Waals surface area contributed by atoms with Crippen LogP contribution in [0.5, 0.6) is 0 Å². The van der Waals surface area contributed by atoms with Crippen LogP contribution in [0.3, 0.4) is 0 Å². The summed E-state index contributed by atoms with van der Waals surface area (Å²) in [7, 11) is -3.84. The number of anilines is 1. The van der Waals surface area contributed by atoms with Crippen LogP contribution >= 0.6 is 0 Å². The lowest BCUT2D eigenvalue weighted by atomic mass is 10.1. The monoisotopic (exact) mass is 316 g/mol. The number of amides is 1. The fourth-order valence-electron chi connectivity index (χ4n) is 2.78. The number of hydrogen-bond donors (Lipinski definition) is 2. The minimum atomic E-state index is -3.84. The predicted molar refractivity (Wildman–Crippen MR) is 84.2 cm³/mol. The summed E-state index contributed by atoms with van der Waals surface area (Å²) in [6.45, 7) is 0. The Morgan fingerprint density at radius 3 is 2.50 bits per heavy atom. The molecule has 114 valence electrons. The van der Waals surface area contributed by atoms with Gasteiger partial charge in [-0.3, -0.25) is 4.79 Å². The van der Waals surface area contributed by atoms with Crippen molar-refractivity contribution in [2.24, 2.45) is 5.14 Å². The van der Waals surface area contributed by atoms with Gasteiger partial charge in [0.05, 0.1) is 4.90 Å². The van der Waals surface area contributed by atoms with Gasteiger partial charge >= 0.3 is 0 Å². The normalized spacial score (nSPS) is 13.7. The largest absolute Gasteiger partial charge is 0.322 e. The van der Waals surface area contributed by atoms with Gasteiger partial charge in [0.1, 0.15) is 0 Å². The Morgan fingerprint density at radius 1 is 1.09 bits per heavy atom. The topological polar surface area (TPSA) is 89.3 Å². The SMILES string of the molecule is NS(=O)(=O)c1cc(C(=O)Nc2ccccc2)cc2c1CCC2. The fourth-order valence-corrected chi connectivity index (χ4v) is 3.64. The Morgan fingerprint density at radius 2 is 1.82 bits per heavy atom. The van der Waals surface area contributed by atoms with Crippen LogP contribution in [-0.4, -0.2) is 14.3 Å². The third-order valence-corrected chi connectivity index (χ3v) is 4.75. The van der Waals surface area contributed by atoms with E-state index in [0.717, 1.165) is 24.0 Å². The standard InChI is InChI=1S/C16H16N2O3S/c17-22(20,21)15-10-12(9-11-5-4-8-14(11)15)16(19)18-13-6-2-1-3-7-13/h1-3,6-7,9-10H,4-5,8H2,(H,18,19)(H2,17,20,21). The van der Waals surface area contributed by atoms with E-state index in [1.807, 2.05) is 18.2 Å². The van der Waals surface area contributed by atoms with Crippen molar-refractivity contribution in [2.45, 2.75) is 24.2 Å². The lowest BCUT2D eigenvalue weighted by Crippen LogP contribution is -2.18. The Kier molecular flexibility index (Phi) is 3.72. The average molecular weight is 316 g/mol. The van der Waals surface area contributed by atoms with E-state index in [2.05, 4.69) is 5.32 Å². The first-order valence-electron chi connectivity index (χ1n) is 7.00. The van der Waals surface area contributed by atoms with Gasteiger partial charge in [0.15, 0.2) is 0 Å². The smallest absolute Gasteiger partial charge is 0.255 e. The number of nitrogens with one attached hydrogen (secondary N) is 1. The highest BCUT2D eigenvalue weighted by molar-refractivity contribution is 7.89. The molecule has 0 aromatic heterocycles. The highest BCUT2D eigenvalue weighted by atomic mass is 32.2. The van der Waals surface area contributed by atoms with Crippen LogP contribution in [0.1, 0.15) is 27.9 Å². The minimum absolute atomic E-state index is 0.0701. The number of aryl methyl sites for hydroxylation is 1. The Bertz CT molecular complexity index is 830. The van der Waals surface area contributed by atoms with Gasteiger partial charge in [-0.25, -0.2) is 13.6 Å². The molecule has 0 saturated carbocycles. The predicted octanol–water partition coefficient (Wildman–Crippen LogP) is 2.08. The fraction of sp³-hybridized carbons (Fsp3) is 0.188. The van der Waals surface area contributed by atoms with Crippen molar-refractivity contribution in [3.63, 3.8) is 0 Å².